The first-order valence-electron chi connectivity index (χ1n) is 11.3. The predicted molar refractivity (Wildman–Crippen MR) is 125 cm³/mol. The Morgan fingerprint density at radius 2 is 1.70 bits per heavy atom. The number of nitrogens with one attached hydrogen (secondary N) is 1. The molecule has 9 heteroatoms. The van der Waals surface area contributed by atoms with E-state index in [2.05, 4.69) is 5.32 Å². The molecule has 0 spiro atoms. The molecule has 7 nitrogen and oxygen atoms in total. The van der Waals surface area contributed by atoms with E-state index in [-0.39, 0.29) is 35.6 Å². The predicted octanol–water partition coefficient (Wildman–Crippen LogP) is 3.32. The molecule has 2 heterocycles. The molecule has 2 aliphatic heterocycles. The van der Waals surface area contributed by atoms with E-state index in [1.165, 1.54) is 10.4 Å². The van der Waals surface area contributed by atoms with E-state index < -0.39 is 10.0 Å². The maximum atomic E-state index is 14.6. The van der Waals surface area contributed by atoms with Crippen LogP contribution in [0.4, 0.5) is 15.8 Å². The highest BCUT2D eigenvalue weighted by Crippen LogP contribution is 2.27. The lowest BCUT2D eigenvalue weighted by molar-refractivity contribution is -0.120. The minimum atomic E-state index is -3.59. The second-order valence-electron chi connectivity index (χ2n) is 8.68. The quantitative estimate of drug-likeness (QED) is 0.718. The van der Waals surface area contributed by atoms with Crippen LogP contribution in [-0.2, 0) is 19.6 Å². The molecule has 2 aliphatic rings. The number of carbonyl (C=O) groups is 1. The summed E-state index contributed by atoms with van der Waals surface area (Å²) in [6.45, 7) is 6.78. The van der Waals surface area contributed by atoms with E-state index in [9.17, 15) is 17.6 Å². The average Bonchev–Trinajstić information content (AvgIpc) is 2.81. The third-order valence-corrected chi connectivity index (χ3v) is 8.40. The topological polar surface area (TPSA) is 79.0 Å². The van der Waals surface area contributed by atoms with Crippen LogP contribution >= 0.6 is 0 Å². The molecule has 33 heavy (non-hydrogen) atoms. The van der Waals surface area contributed by atoms with Gasteiger partial charge in [-0.3, -0.25) is 4.79 Å². The maximum Gasteiger partial charge on any atom is 0.243 e. The Labute approximate surface area is 194 Å². The Morgan fingerprint density at radius 3 is 2.33 bits per heavy atom. The third-order valence-electron chi connectivity index (χ3n) is 6.51. The zero-order valence-electron chi connectivity index (χ0n) is 19.0. The zero-order chi connectivity index (χ0) is 23.6. The molecular weight excluding hydrogens is 445 g/mol. The number of aryl methyl sites for hydroxylation is 2. The average molecular weight is 476 g/mol. The van der Waals surface area contributed by atoms with Crippen LogP contribution in [0.25, 0.3) is 0 Å². The number of piperidine rings is 1. The number of halogens is 1. The van der Waals surface area contributed by atoms with Crippen LogP contribution in [0.2, 0.25) is 0 Å². The van der Waals surface area contributed by atoms with Crippen molar-refractivity contribution >= 4 is 27.3 Å². The smallest absolute Gasteiger partial charge is 0.243 e. The van der Waals surface area contributed by atoms with Crippen LogP contribution in [-0.4, -0.2) is 58.0 Å². The molecule has 2 aromatic carbocycles. The van der Waals surface area contributed by atoms with Gasteiger partial charge in [0.25, 0.3) is 0 Å². The molecule has 1 amide bonds. The first-order valence-corrected chi connectivity index (χ1v) is 12.7. The van der Waals surface area contributed by atoms with Crippen molar-refractivity contribution in [1.82, 2.24) is 4.31 Å². The summed E-state index contributed by atoms with van der Waals surface area (Å²) in [6, 6.07) is 9.85. The number of carbonyl (C=O) groups excluding carboxylic acids is 1. The fourth-order valence-corrected chi connectivity index (χ4v) is 5.83. The number of benzene rings is 2. The highest BCUT2D eigenvalue weighted by Gasteiger charge is 2.32. The summed E-state index contributed by atoms with van der Waals surface area (Å²) in [5, 5.41) is 2.79. The summed E-state index contributed by atoms with van der Waals surface area (Å²) < 4.78 is 47.3. The van der Waals surface area contributed by atoms with Crippen molar-refractivity contribution in [3.05, 3.63) is 53.3 Å². The number of rotatable bonds is 5. The second-order valence-corrected chi connectivity index (χ2v) is 10.6. The Hall–Kier alpha value is -2.49. The number of hydrogen-bond donors (Lipinski definition) is 1. The molecule has 2 fully saturated rings. The van der Waals surface area contributed by atoms with Gasteiger partial charge in [-0.2, -0.15) is 4.31 Å². The molecule has 0 atom stereocenters. The number of amides is 1. The van der Waals surface area contributed by atoms with Gasteiger partial charge >= 0.3 is 0 Å². The minimum absolute atomic E-state index is 0.211. The van der Waals surface area contributed by atoms with E-state index in [1.54, 1.807) is 24.3 Å². The monoisotopic (exact) mass is 475 g/mol. The maximum absolute atomic E-state index is 14.6. The van der Waals surface area contributed by atoms with Crippen LogP contribution in [0.3, 0.4) is 0 Å². The van der Waals surface area contributed by atoms with Gasteiger partial charge in [0.15, 0.2) is 0 Å². The molecule has 0 aromatic heterocycles. The Kier molecular flexibility index (Phi) is 7.02. The Bertz CT molecular complexity index is 1120. The molecular formula is C24H30FN3O4S. The van der Waals surface area contributed by atoms with Crippen molar-refractivity contribution in [3.8, 4) is 0 Å². The summed E-state index contributed by atoms with van der Waals surface area (Å²) in [6.07, 6.45) is 0.842. The van der Waals surface area contributed by atoms with E-state index in [1.807, 2.05) is 24.8 Å². The van der Waals surface area contributed by atoms with Gasteiger partial charge in [-0.25, -0.2) is 12.8 Å². The van der Waals surface area contributed by atoms with Gasteiger partial charge < -0.3 is 15.0 Å². The SMILES string of the molecule is Cc1ccc(S(=O)(=O)N2CCC(C(=O)Nc3ccc(N4CCOCC4)c(F)c3)CC2)cc1C. The molecule has 2 saturated heterocycles. The first-order chi connectivity index (χ1) is 15.8. The minimum Gasteiger partial charge on any atom is -0.378 e. The van der Waals surface area contributed by atoms with E-state index >= 15 is 0 Å². The van der Waals surface area contributed by atoms with Gasteiger partial charge in [0.1, 0.15) is 5.82 Å². The van der Waals surface area contributed by atoms with Gasteiger partial charge in [-0.05, 0) is 68.1 Å². The zero-order valence-corrected chi connectivity index (χ0v) is 19.8. The molecule has 0 aliphatic carbocycles. The van der Waals surface area contributed by atoms with Crippen LogP contribution in [0.1, 0.15) is 24.0 Å². The van der Waals surface area contributed by atoms with Gasteiger partial charge in [0.2, 0.25) is 15.9 Å². The van der Waals surface area contributed by atoms with Crippen LogP contribution in [0.15, 0.2) is 41.3 Å². The molecule has 1 N–H and O–H groups in total. The van der Waals surface area contributed by atoms with Crippen molar-refractivity contribution in [3.63, 3.8) is 0 Å². The molecule has 4 rings (SSSR count). The number of hydrogen-bond acceptors (Lipinski definition) is 5. The van der Waals surface area contributed by atoms with Crippen LogP contribution in [0.5, 0.6) is 0 Å². The summed E-state index contributed by atoms with van der Waals surface area (Å²) in [4.78, 5) is 15.0. The number of morpholine rings is 1. The first kappa shape index (κ1) is 23.7. The summed E-state index contributed by atoms with van der Waals surface area (Å²) in [5.74, 6) is -0.918. The third kappa shape index (κ3) is 5.20. The Morgan fingerprint density at radius 1 is 1.00 bits per heavy atom. The molecule has 0 radical (unpaired) electrons. The lowest BCUT2D eigenvalue weighted by atomic mass is 9.97. The van der Waals surface area contributed by atoms with E-state index in [4.69, 9.17) is 4.74 Å². The summed E-state index contributed by atoms with van der Waals surface area (Å²) in [7, 11) is -3.59. The normalized spacial score (nSPS) is 18.3. The molecule has 0 bridgehead atoms. The Balaban J connectivity index is 1.35. The second kappa shape index (κ2) is 9.79. The summed E-state index contributed by atoms with van der Waals surface area (Å²) in [5.41, 5.74) is 2.87. The molecule has 178 valence electrons. The fourth-order valence-electron chi connectivity index (χ4n) is 4.27. The van der Waals surface area contributed by atoms with Crippen molar-refractivity contribution in [2.45, 2.75) is 31.6 Å². The van der Waals surface area contributed by atoms with Gasteiger partial charge in [-0.1, -0.05) is 6.07 Å². The van der Waals surface area contributed by atoms with Crippen molar-refractivity contribution in [1.29, 1.82) is 0 Å². The fraction of sp³-hybridized carbons (Fsp3) is 0.458. The van der Waals surface area contributed by atoms with Crippen LogP contribution in [0, 0.1) is 25.6 Å². The number of nitrogens with zero attached hydrogens (tertiary/aromatic N) is 2. The number of anilines is 2. The van der Waals surface area contributed by atoms with Gasteiger partial charge in [0, 0.05) is 37.8 Å². The molecule has 0 unspecified atom stereocenters. The van der Waals surface area contributed by atoms with Crippen molar-refractivity contribution in [2.24, 2.45) is 5.92 Å². The van der Waals surface area contributed by atoms with Gasteiger partial charge in [0.05, 0.1) is 23.8 Å². The van der Waals surface area contributed by atoms with Crippen LogP contribution < -0.4 is 10.2 Å². The standard InChI is InChI=1S/C24H30FN3O4S/c1-17-3-5-21(15-18(17)2)33(30,31)28-9-7-19(8-10-28)24(29)26-20-4-6-23(22(25)16-20)27-11-13-32-14-12-27/h3-6,15-16,19H,7-14H2,1-2H3,(H,26,29). The van der Waals surface area contributed by atoms with E-state index in [0.717, 1.165) is 11.1 Å². The molecule has 0 saturated carbocycles. The number of ether oxygens (including phenoxy) is 1. The van der Waals surface area contributed by atoms with Gasteiger partial charge in [-0.15, -0.1) is 0 Å². The highest BCUT2D eigenvalue weighted by atomic mass is 32.2. The highest BCUT2D eigenvalue weighted by molar-refractivity contribution is 7.89. The number of sulfonamides is 1. The lowest BCUT2D eigenvalue weighted by Crippen LogP contribution is -2.41. The van der Waals surface area contributed by atoms with E-state index in [0.29, 0.717) is 50.5 Å². The molecule has 2 aromatic rings. The lowest BCUT2D eigenvalue weighted by Gasteiger charge is -2.31. The largest absolute Gasteiger partial charge is 0.378 e. The van der Waals surface area contributed by atoms with Crippen molar-refractivity contribution < 1.29 is 22.3 Å². The van der Waals surface area contributed by atoms with Crippen molar-refractivity contribution in [2.75, 3.05) is 49.6 Å². The summed E-state index contributed by atoms with van der Waals surface area (Å²) >= 11 is 0.